The minimum absolute atomic E-state index is 0.00261. The monoisotopic (exact) mass is 624 g/mol. The van der Waals surface area contributed by atoms with Gasteiger partial charge in [-0.1, -0.05) is 13.8 Å². The summed E-state index contributed by atoms with van der Waals surface area (Å²) in [5.41, 5.74) is 5.64. The van der Waals surface area contributed by atoms with Gasteiger partial charge in [0.2, 0.25) is 11.8 Å². The second-order valence-electron chi connectivity index (χ2n) is 12.7. The van der Waals surface area contributed by atoms with Crippen LogP contribution in [0.1, 0.15) is 61.3 Å². The van der Waals surface area contributed by atoms with E-state index < -0.39 is 10.8 Å². The first kappa shape index (κ1) is 29.7. The highest BCUT2D eigenvalue weighted by atomic mass is 35.5. The SMILES string of the molecule is CCC1(C(=O)N2CC(CCl)c3c2cc(O)c2[nH]cc(C)c32)CC(C)(C(=O)N2CCc3c2cc(O)c2[nH]cc(C)c32)C1.CCl. The minimum atomic E-state index is -0.692. The number of carbonyl (C=O) groups excluding carboxylic acids is 2. The topological polar surface area (TPSA) is 113 Å². The van der Waals surface area contributed by atoms with Gasteiger partial charge < -0.3 is 30.0 Å². The van der Waals surface area contributed by atoms with Crippen molar-refractivity contribution in [3.8, 4) is 11.5 Å². The summed E-state index contributed by atoms with van der Waals surface area (Å²) in [6.07, 6.45) is 7.47. The molecule has 7 rings (SSSR count). The largest absolute Gasteiger partial charge is 0.506 e. The van der Waals surface area contributed by atoms with Crippen molar-refractivity contribution in [2.75, 3.05) is 35.2 Å². The molecule has 3 aliphatic rings. The highest BCUT2D eigenvalue weighted by molar-refractivity contribution is 6.19. The molecule has 4 heterocycles. The van der Waals surface area contributed by atoms with Crippen molar-refractivity contribution in [2.45, 2.75) is 59.3 Å². The highest BCUT2D eigenvalue weighted by Gasteiger charge is 2.61. The lowest BCUT2D eigenvalue weighted by molar-refractivity contribution is -0.153. The molecule has 2 aliphatic heterocycles. The van der Waals surface area contributed by atoms with Crippen molar-refractivity contribution in [1.29, 1.82) is 0 Å². The Morgan fingerprint density at radius 3 is 2.14 bits per heavy atom. The minimum Gasteiger partial charge on any atom is -0.506 e. The maximum atomic E-state index is 14.3. The second-order valence-corrected chi connectivity index (χ2v) is 13.0. The van der Waals surface area contributed by atoms with E-state index in [-0.39, 0.29) is 29.2 Å². The standard InChI is InChI=1S/C32H35ClN4O4.CH3Cl/c1-5-32(30(41)37-13-18(10-33)26-21(37)9-23(39)28-25(26)17(3)12-35-28)14-31(4,15-32)29(40)36-7-6-19-20(36)8-22(38)27-24(19)16(2)11-34-27;1-2/h8-9,11-12,18,34-35,38-39H,5-7,10,13-15H2,1-4H3;1H3. The Hall–Kier alpha value is -3.36. The summed E-state index contributed by atoms with van der Waals surface area (Å²) in [4.78, 5) is 38.3. The molecule has 1 saturated carbocycles. The van der Waals surface area contributed by atoms with Crippen LogP contribution >= 0.6 is 23.2 Å². The molecule has 10 heteroatoms. The van der Waals surface area contributed by atoms with Gasteiger partial charge in [0.05, 0.1) is 27.8 Å². The van der Waals surface area contributed by atoms with Crippen LogP contribution in [-0.2, 0) is 16.0 Å². The molecule has 4 aromatic rings. The fraction of sp³-hybridized carbons (Fsp3) is 0.455. The number of nitrogens with one attached hydrogen (secondary N) is 2. The maximum absolute atomic E-state index is 14.3. The van der Waals surface area contributed by atoms with Gasteiger partial charge in [-0.05, 0) is 61.8 Å². The highest BCUT2D eigenvalue weighted by Crippen LogP contribution is 2.60. The van der Waals surface area contributed by atoms with E-state index >= 15 is 0 Å². The number of aromatic amines is 2. The number of phenolic OH excluding ortho intramolecular Hbond substituents is 2. The number of phenols is 2. The molecule has 0 saturated heterocycles. The molecule has 1 aliphatic carbocycles. The zero-order chi connectivity index (χ0) is 31.0. The van der Waals surface area contributed by atoms with Crippen LogP contribution in [0.4, 0.5) is 11.4 Å². The molecule has 4 N–H and O–H groups in total. The van der Waals surface area contributed by atoms with Crippen molar-refractivity contribution in [3.05, 3.63) is 46.8 Å². The lowest BCUT2D eigenvalue weighted by atomic mass is 9.51. The summed E-state index contributed by atoms with van der Waals surface area (Å²) < 4.78 is 0. The predicted octanol–water partition coefficient (Wildman–Crippen LogP) is 6.99. The summed E-state index contributed by atoms with van der Waals surface area (Å²) >= 11 is 11.1. The molecule has 0 spiro atoms. The number of rotatable bonds is 4. The lowest BCUT2D eigenvalue weighted by Gasteiger charge is -2.54. The Kier molecular flexibility index (Phi) is 7.17. The van der Waals surface area contributed by atoms with Gasteiger partial charge in [-0.3, -0.25) is 9.59 Å². The summed E-state index contributed by atoms with van der Waals surface area (Å²) in [6.45, 7) is 8.99. The number of H-pyrrole nitrogens is 2. The molecule has 2 aromatic carbocycles. The average molecular weight is 626 g/mol. The number of hydrogen-bond acceptors (Lipinski definition) is 4. The van der Waals surface area contributed by atoms with Crippen LogP contribution in [0.15, 0.2) is 24.5 Å². The third-order valence-corrected chi connectivity index (χ3v) is 10.5. The van der Waals surface area contributed by atoms with Crippen molar-refractivity contribution in [3.63, 3.8) is 0 Å². The van der Waals surface area contributed by atoms with E-state index in [9.17, 15) is 19.8 Å². The maximum Gasteiger partial charge on any atom is 0.233 e. The fourth-order valence-electron chi connectivity index (χ4n) is 8.18. The summed E-state index contributed by atoms with van der Waals surface area (Å²) in [6, 6.07) is 3.38. The number of benzene rings is 2. The first-order valence-corrected chi connectivity index (χ1v) is 16.1. The molecule has 2 amide bonds. The van der Waals surface area contributed by atoms with Crippen LogP contribution in [0.5, 0.6) is 11.5 Å². The molecule has 1 unspecified atom stereocenters. The molecular formula is C33H38Cl2N4O4. The van der Waals surface area contributed by atoms with Crippen molar-refractivity contribution >= 4 is 68.2 Å². The van der Waals surface area contributed by atoms with Crippen LogP contribution in [0, 0.1) is 24.7 Å². The van der Waals surface area contributed by atoms with Gasteiger partial charge in [0, 0.05) is 72.0 Å². The fourth-order valence-corrected chi connectivity index (χ4v) is 8.43. The number of aromatic nitrogens is 2. The normalized spacial score (nSPS) is 24.1. The Morgan fingerprint density at radius 1 is 0.953 bits per heavy atom. The van der Waals surface area contributed by atoms with Crippen molar-refractivity contribution in [2.24, 2.45) is 10.8 Å². The van der Waals surface area contributed by atoms with E-state index in [1.807, 2.05) is 45.0 Å². The molecule has 2 aromatic heterocycles. The number of hydrogen-bond donors (Lipinski definition) is 4. The zero-order valence-corrected chi connectivity index (χ0v) is 26.7. The van der Waals surface area contributed by atoms with Crippen molar-refractivity contribution < 1.29 is 19.8 Å². The molecule has 43 heavy (non-hydrogen) atoms. The van der Waals surface area contributed by atoms with Gasteiger partial charge in [-0.2, -0.15) is 0 Å². The van der Waals surface area contributed by atoms with Crippen LogP contribution in [0.3, 0.4) is 0 Å². The Balaban J connectivity index is 0.00000161. The quantitative estimate of drug-likeness (QED) is 0.183. The number of alkyl halides is 2. The van der Waals surface area contributed by atoms with E-state index in [4.69, 9.17) is 11.6 Å². The Bertz CT molecular complexity index is 1780. The molecular weight excluding hydrogens is 587 g/mol. The smallest absolute Gasteiger partial charge is 0.233 e. The van der Waals surface area contributed by atoms with Crippen LogP contribution in [0.2, 0.25) is 0 Å². The first-order valence-electron chi connectivity index (χ1n) is 14.8. The van der Waals surface area contributed by atoms with Gasteiger partial charge in [0.15, 0.2) is 0 Å². The number of halogens is 2. The molecule has 8 nitrogen and oxygen atoms in total. The number of fused-ring (bicyclic) bond motifs is 6. The summed E-state index contributed by atoms with van der Waals surface area (Å²) in [5, 5.41) is 23.4. The lowest BCUT2D eigenvalue weighted by Crippen LogP contribution is -2.60. The first-order chi connectivity index (χ1) is 20.5. The molecule has 1 fully saturated rings. The van der Waals surface area contributed by atoms with E-state index in [1.54, 1.807) is 17.0 Å². The van der Waals surface area contributed by atoms with E-state index in [2.05, 4.69) is 21.6 Å². The molecule has 0 bridgehead atoms. The third kappa shape index (κ3) is 4.09. The van der Waals surface area contributed by atoms with Gasteiger partial charge >= 0.3 is 0 Å². The summed E-state index contributed by atoms with van der Waals surface area (Å²) in [7, 11) is 0. The van der Waals surface area contributed by atoms with Gasteiger partial charge in [-0.15, -0.1) is 23.2 Å². The number of anilines is 2. The Morgan fingerprint density at radius 2 is 1.53 bits per heavy atom. The second kappa shape index (κ2) is 10.4. The van der Waals surface area contributed by atoms with E-state index in [0.29, 0.717) is 49.3 Å². The molecule has 0 radical (unpaired) electrons. The Labute approximate surface area is 261 Å². The average Bonchev–Trinajstić information content (AvgIpc) is 3.76. The predicted molar refractivity (Wildman–Crippen MR) is 173 cm³/mol. The van der Waals surface area contributed by atoms with Crippen LogP contribution < -0.4 is 9.80 Å². The zero-order valence-electron chi connectivity index (χ0n) is 25.2. The number of nitrogens with zero attached hydrogens (tertiary/aromatic N) is 2. The van der Waals surface area contributed by atoms with Gasteiger partial charge in [0.1, 0.15) is 11.5 Å². The van der Waals surface area contributed by atoms with Crippen LogP contribution in [0.25, 0.3) is 21.8 Å². The van der Waals surface area contributed by atoms with Gasteiger partial charge in [0.25, 0.3) is 0 Å². The van der Waals surface area contributed by atoms with Gasteiger partial charge in [-0.25, -0.2) is 0 Å². The summed E-state index contributed by atoms with van der Waals surface area (Å²) in [5.74, 6) is 0.573. The van der Waals surface area contributed by atoms with E-state index in [1.165, 1.54) is 6.38 Å². The number of aromatic hydroxyl groups is 2. The van der Waals surface area contributed by atoms with E-state index in [0.717, 1.165) is 50.8 Å². The third-order valence-electron chi connectivity index (χ3n) is 10.1. The molecule has 228 valence electrons. The van der Waals surface area contributed by atoms with Crippen LogP contribution in [-0.4, -0.2) is 57.3 Å². The molecule has 1 atom stereocenters. The number of carbonyl (C=O) groups is 2. The van der Waals surface area contributed by atoms with Crippen molar-refractivity contribution in [1.82, 2.24) is 9.97 Å². The number of amides is 2. The number of aryl methyl sites for hydroxylation is 2.